The van der Waals surface area contributed by atoms with Crippen molar-refractivity contribution in [2.45, 2.75) is 213 Å². The van der Waals surface area contributed by atoms with E-state index < -0.39 is 56.8 Å². The highest BCUT2D eigenvalue weighted by Crippen LogP contribution is 2.49. The third kappa shape index (κ3) is 22.8. The van der Waals surface area contributed by atoms with Gasteiger partial charge in [0, 0.05) is 105 Å². The molecule has 0 saturated heterocycles. The molecule has 1 fully saturated rings. The second-order valence-corrected chi connectivity index (χ2v) is 42.9. The fourth-order valence-corrected chi connectivity index (χ4v) is 18.4. The molecule has 1 saturated carbocycles. The second kappa shape index (κ2) is 40.5. The average Bonchev–Trinajstić information content (AvgIpc) is 1.57. The van der Waals surface area contributed by atoms with Crippen molar-refractivity contribution in [2.75, 3.05) is 11.9 Å². The molecule has 2 aliphatic heterocycles. The lowest BCUT2D eigenvalue weighted by molar-refractivity contribution is -0.147. The highest BCUT2D eigenvalue weighted by molar-refractivity contribution is 7.92. The third-order valence-electron chi connectivity index (χ3n) is 22.7. The minimum atomic E-state index is -3.33. The van der Waals surface area contributed by atoms with Gasteiger partial charge in [0.15, 0.2) is 41.1 Å². The minimum absolute atomic E-state index is 0. The molecule has 0 radical (unpaired) electrons. The van der Waals surface area contributed by atoms with E-state index in [1.54, 1.807) is 102 Å². The molecule has 656 valence electrons. The van der Waals surface area contributed by atoms with E-state index in [9.17, 15) is 44.4 Å². The Morgan fingerprint density at radius 3 is 1.62 bits per heavy atom. The number of aryl methyl sites for hydroxylation is 3. The highest BCUT2D eigenvalue weighted by Gasteiger charge is 2.44. The number of allylic oxidation sites excluding steroid dienone is 2. The van der Waals surface area contributed by atoms with Crippen molar-refractivity contribution in [1.82, 2.24) is 19.5 Å². The summed E-state index contributed by atoms with van der Waals surface area (Å²) in [6.45, 7) is 35.6. The van der Waals surface area contributed by atoms with Crippen LogP contribution in [-0.2, 0) is 72.8 Å². The maximum Gasteiger partial charge on any atom is 0.374 e. The molecule has 4 aromatic heterocycles. The Hall–Kier alpha value is -11.0. The smallest absolute Gasteiger partial charge is 0.374 e. The first-order valence-corrected chi connectivity index (χ1v) is 47.4. The summed E-state index contributed by atoms with van der Waals surface area (Å²) >= 11 is 6.17. The number of nitrogens with zero attached hydrogens (tertiary/aromatic N) is 4. The number of hydrogen-bond donors (Lipinski definition) is 1. The molecular weight excluding hydrogens is 1640 g/mol. The number of esters is 1. The van der Waals surface area contributed by atoms with Crippen LogP contribution in [0.15, 0.2) is 245 Å². The molecule has 0 amide bonds. The number of fused-ring (bicyclic) bond motifs is 1. The Morgan fingerprint density at radius 1 is 0.560 bits per heavy atom. The molecule has 125 heavy (non-hydrogen) atoms. The molecular formula is C104H118ClN5O12S3. The van der Waals surface area contributed by atoms with Crippen LogP contribution in [0.3, 0.4) is 0 Å². The summed E-state index contributed by atoms with van der Waals surface area (Å²) in [5.41, 5.74) is 21.3. The molecule has 21 heteroatoms. The van der Waals surface area contributed by atoms with Gasteiger partial charge in [-0.2, -0.15) is 0 Å². The number of pyridine rings is 3. The molecule has 15 rings (SSSR count). The van der Waals surface area contributed by atoms with Crippen LogP contribution in [0.1, 0.15) is 191 Å². The lowest BCUT2D eigenvalue weighted by atomic mass is 9.86. The van der Waals surface area contributed by atoms with Crippen LogP contribution >= 0.6 is 11.6 Å². The maximum absolute atomic E-state index is 12.8. The first kappa shape index (κ1) is 96.2. The first-order valence-electron chi connectivity index (χ1n) is 42.4. The number of hydrogen-bond acceptors (Lipinski definition) is 16. The van der Waals surface area contributed by atoms with E-state index in [2.05, 4.69) is 107 Å². The van der Waals surface area contributed by atoms with E-state index in [0.29, 0.717) is 58.5 Å². The number of cyclic esters (lactones) is 1. The number of ketones is 3. The van der Waals surface area contributed by atoms with E-state index in [-0.39, 0.29) is 52.7 Å². The Balaban J connectivity index is 0.000000164. The van der Waals surface area contributed by atoms with Gasteiger partial charge in [-0.1, -0.05) is 182 Å². The van der Waals surface area contributed by atoms with Crippen LogP contribution in [0, 0.1) is 50.9 Å². The zero-order chi connectivity index (χ0) is 90.1. The Morgan fingerprint density at radius 2 is 1.09 bits per heavy atom. The molecule has 0 bridgehead atoms. The van der Waals surface area contributed by atoms with Crippen LogP contribution < -0.4 is 5.32 Å². The summed E-state index contributed by atoms with van der Waals surface area (Å²) in [4.78, 5) is 63.8. The summed E-state index contributed by atoms with van der Waals surface area (Å²) in [6, 6.07) is 64.5. The fourth-order valence-electron chi connectivity index (χ4n) is 15.1. The number of Topliss-reactive ketones (excluding diaryl/α,β-unsaturated/α-hetero) is 3. The number of aromatic nitrogens is 4. The molecule has 1 N–H and O–H groups in total. The van der Waals surface area contributed by atoms with Gasteiger partial charge in [-0.15, -0.1) is 0 Å². The standard InChI is InChI=1S/C26H28ClNO.C21H22N2O2S.C20H20O3S.C19H24O5S.C17H20N2O.CH4/c1-17(2)23(29)14-21-24(19-10-12-20(27)13-11-19)25(18-8-6-5-7-9-18)22-15-26(3,4)16-28(21)22;1-14(2)26(24,25)19-9-7-17(8-10-19)20-11-15(3)12-23-21(20)18-6-5-16(4)22-13-18;1-14(2)24(22,23)17-10-8-15(9-11-17)18-12-13-19(21)20(18)16-6-4-3-5-7-16;1-12(2)25(21,22)15-9-7-14(8-10-15)16-17(23-11-13-5-6-13)18(20)24-19(16,3)4;1-11(2)16(20)14-8-6-10-18-17(14)19-15-9-5-7-12(3)13(15)4;/h5-13,17H,14-16H2,1-4H3;5-14H,1-4H3;3-11,14H,12-13H2,1-2H3;7-10,12-13H,5-6,11H2,1-4H3;5-11H,1-4H3,(H,18,19);1H4. The predicted molar refractivity (Wildman–Crippen MR) is 506 cm³/mol. The highest BCUT2D eigenvalue weighted by atomic mass is 35.5. The van der Waals surface area contributed by atoms with E-state index in [1.807, 2.05) is 165 Å². The number of carbonyl (C=O) groups is 4. The molecule has 7 aromatic carbocycles. The first-order chi connectivity index (χ1) is 58.6. The molecule has 4 aliphatic rings. The normalized spacial score (nSPS) is 14.6. The van der Waals surface area contributed by atoms with Crippen molar-refractivity contribution in [1.29, 1.82) is 0 Å². The number of rotatable bonds is 23. The molecule has 17 nitrogen and oxygen atoms in total. The lowest BCUT2D eigenvalue weighted by Gasteiger charge is -2.21. The van der Waals surface area contributed by atoms with Gasteiger partial charge in [0.2, 0.25) is 5.76 Å². The number of benzene rings is 7. The minimum Gasteiger partial charge on any atom is -0.486 e. The van der Waals surface area contributed by atoms with Crippen LogP contribution in [0.5, 0.6) is 0 Å². The topological polar surface area (TPSA) is 245 Å². The lowest BCUT2D eigenvalue weighted by Crippen LogP contribution is -2.22. The van der Waals surface area contributed by atoms with Crippen molar-refractivity contribution >= 4 is 92.7 Å². The SMILES string of the molecule is C.CC(C)C(=O)Cc1c(-c2ccc(Cl)cc2)c(-c2ccccc2)c2n1CC(C)(C)C2.CC(C)S(=O)(=O)c1ccc(C2=C(OCC3CC3)C(=O)OC2(C)C)cc1.CC(C)S(=O)(=O)c1ccc(C2=C(c3ccccc3)C(=O)CC2)cc1.Cc1cccc(Nc2ncccc2C(=O)C(C)C)c1C.Cc1cnc(-c2ccc(C)nc2)c(-c2ccc(S(=O)(=O)C(C)C)cc2)c1. The summed E-state index contributed by atoms with van der Waals surface area (Å²) in [6.07, 6.45) is 10.3. The van der Waals surface area contributed by atoms with Gasteiger partial charge < -0.3 is 19.4 Å². The third-order valence-corrected chi connectivity index (χ3v) is 29.4. The molecule has 11 aromatic rings. The predicted octanol–water partition coefficient (Wildman–Crippen LogP) is 23.8. The number of nitrogens with one attached hydrogen (secondary N) is 1. The van der Waals surface area contributed by atoms with Crippen LogP contribution in [-0.4, -0.2) is 96.0 Å². The second-order valence-electron chi connectivity index (χ2n) is 35.0. The monoisotopic (exact) mass is 1760 g/mol. The Kier molecular flexibility index (Phi) is 31.2. The molecule has 6 heterocycles. The number of anilines is 2. The quantitative estimate of drug-likeness (QED) is 0.0462. The van der Waals surface area contributed by atoms with Crippen molar-refractivity contribution < 1.29 is 53.9 Å². The summed E-state index contributed by atoms with van der Waals surface area (Å²) < 4.78 is 87.3. The number of carbonyl (C=O) groups excluding carboxylic acids is 4. The van der Waals surface area contributed by atoms with Gasteiger partial charge in [-0.25, -0.2) is 35.0 Å². The van der Waals surface area contributed by atoms with Crippen LogP contribution in [0.4, 0.5) is 11.5 Å². The largest absolute Gasteiger partial charge is 0.486 e. The summed E-state index contributed by atoms with van der Waals surface area (Å²) in [5, 5.41) is 2.64. The van der Waals surface area contributed by atoms with Crippen molar-refractivity contribution in [2.24, 2.45) is 23.2 Å². The van der Waals surface area contributed by atoms with Crippen LogP contribution in [0.2, 0.25) is 5.02 Å². The van der Waals surface area contributed by atoms with Gasteiger partial charge >= 0.3 is 5.97 Å². The fraction of sp³-hybridized carbons (Fsp3) is 0.337. The zero-order valence-electron chi connectivity index (χ0n) is 74.3. The molecule has 0 atom stereocenters. The van der Waals surface area contributed by atoms with E-state index >= 15 is 0 Å². The molecule has 0 spiro atoms. The van der Waals surface area contributed by atoms with Crippen molar-refractivity contribution in [3.63, 3.8) is 0 Å². The van der Waals surface area contributed by atoms with Gasteiger partial charge in [0.05, 0.1) is 53.9 Å². The van der Waals surface area contributed by atoms with Crippen molar-refractivity contribution in [3.05, 3.63) is 292 Å². The average molecular weight is 1760 g/mol. The zero-order valence-corrected chi connectivity index (χ0v) is 77.5. The van der Waals surface area contributed by atoms with E-state index in [1.165, 1.54) is 33.5 Å². The van der Waals surface area contributed by atoms with Gasteiger partial charge in [0.25, 0.3) is 0 Å². The number of halogens is 1. The Bertz CT molecular complexity index is 6150. The summed E-state index contributed by atoms with van der Waals surface area (Å²) in [5.74, 6) is 1.44. The molecule has 0 unspecified atom stereocenters. The van der Waals surface area contributed by atoms with Crippen molar-refractivity contribution in [3.8, 4) is 44.6 Å². The Labute approximate surface area is 745 Å². The maximum atomic E-state index is 12.8. The summed E-state index contributed by atoms with van der Waals surface area (Å²) in [7, 11) is -9.88. The number of ether oxygens (including phenoxy) is 2. The van der Waals surface area contributed by atoms with Crippen LogP contribution in [0.25, 0.3) is 61.4 Å². The van der Waals surface area contributed by atoms with E-state index in [4.69, 9.17) is 21.1 Å². The number of sulfone groups is 3. The molecule has 2 aliphatic carbocycles. The van der Waals surface area contributed by atoms with Gasteiger partial charge in [-0.05, 0) is 261 Å². The van der Waals surface area contributed by atoms with E-state index in [0.717, 1.165) is 109 Å². The van der Waals surface area contributed by atoms with Gasteiger partial charge in [-0.3, -0.25) is 24.4 Å². The van der Waals surface area contributed by atoms with Gasteiger partial charge in [0.1, 0.15) is 17.2 Å².